The fourth-order valence-corrected chi connectivity index (χ4v) is 11.9. The first-order chi connectivity index (χ1) is 33.0. The molecule has 11 aromatic rings. The quantitative estimate of drug-likeness (QED) is 0.154. The van der Waals surface area contributed by atoms with Gasteiger partial charge >= 0.3 is 0 Å². The molecule has 0 unspecified atom stereocenters. The largest absolute Gasteiger partial charge is 0.310 e. The molecule has 0 atom stereocenters. The van der Waals surface area contributed by atoms with Crippen LogP contribution in [0.25, 0.3) is 66.1 Å². The van der Waals surface area contributed by atoms with E-state index in [0.29, 0.717) is 0 Å². The lowest BCUT2D eigenvalue weighted by atomic mass is 9.67. The van der Waals surface area contributed by atoms with Crippen molar-refractivity contribution in [2.45, 2.75) is 24.7 Å². The Morgan fingerprint density at radius 1 is 0.313 bits per heavy atom. The summed E-state index contributed by atoms with van der Waals surface area (Å²) in [6, 6.07) is 92.6. The number of rotatable bonds is 7. The van der Waals surface area contributed by atoms with E-state index < -0.39 is 5.41 Å². The Hall–Kier alpha value is -8.26. The highest BCUT2D eigenvalue weighted by molar-refractivity contribution is 6.07. The van der Waals surface area contributed by atoms with Gasteiger partial charge in [-0.25, -0.2) is 0 Å². The summed E-state index contributed by atoms with van der Waals surface area (Å²) in [5.41, 5.74) is 20.6. The molecule has 13 rings (SSSR count). The number of anilines is 3. The van der Waals surface area contributed by atoms with Crippen molar-refractivity contribution in [3.8, 4) is 44.5 Å². The molecular formula is C66H47N. The third-order valence-electron chi connectivity index (χ3n) is 14.9. The van der Waals surface area contributed by atoms with Crippen LogP contribution in [0.1, 0.15) is 47.2 Å². The highest BCUT2D eigenvalue weighted by atomic mass is 15.1. The van der Waals surface area contributed by atoms with E-state index in [9.17, 15) is 0 Å². The minimum absolute atomic E-state index is 0.138. The van der Waals surface area contributed by atoms with Crippen LogP contribution in [0.15, 0.2) is 249 Å². The van der Waals surface area contributed by atoms with E-state index in [1.54, 1.807) is 0 Å². The van der Waals surface area contributed by atoms with Gasteiger partial charge in [0.25, 0.3) is 0 Å². The number of fused-ring (bicyclic) bond motifs is 9. The maximum atomic E-state index is 2.49. The van der Waals surface area contributed by atoms with E-state index in [1.165, 1.54) is 99.4 Å². The van der Waals surface area contributed by atoms with Gasteiger partial charge in [0.2, 0.25) is 0 Å². The minimum atomic E-state index is -0.523. The lowest BCUT2D eigenvalue weighted by Crippen LogP contribution is -2.28. The third-order valence-corrected chi connectivity index (χ3v) is 14.9. The van der Waals surface area contributed by atoms with E-state index in [0.717, 1.165) is 17.1 Å². The first-order valence-electron chi connectivity index (χ1n) is 23.5. The van der Waals surface area contributed by atoms with Crippen molar-refractivity contribution in [1.82, 2.24) is 0 Å². The minimum Gasteiger partial charge on any atom is -0.310 e. The van der Waals surface area contributed by atoms with Gasteiger partial charge in [-0.05, 0) is 136 Å². The number of nitrogens with zero attached hydrogens (tertiary/aromatic N) is 1. The molecule has 1 nitrogen and oxygen atoms in total. The van der Waals surface area contributed by atoms with Crippen molar-refractivity contribution in [3.63, 3.8) is 0 Å². The summed E-state index contributed by atoms with van der Waals surface area (Å²) in [6.07, 6.45) is 0. The summed E-state index contributed by atoms with van der Waals surface area (Å²) in [5, 5.41) is 5.07. The fraction of sp³-hybridized carbons (Fsp3) is 0.0606. The summed E-state index contributed by atoms with van der Waals surface area (Å²) in [7, 11) is 0. The third kappa shape index (κ3) is 5.88. The molecule has 0 aliphatic heterocycles. The second-order valence-electron chi connectivity index (χ2n) is 18.8. The predicted molar refractivity (Wildman–Crippen MR) is 282 cm³/mol. The molecule has 0 radical (unpaired) electrons. The molecule has 2 aliphatic carbocycles. The molecule has 0 amide bonds. The lowest BCUT2D eigenvalue weighted by Gasteiger charge is -2.35. The maximum Gasteiger partial charge on any atom is 0.0714 e. The van der Waals surface area contributed by atoms with Crippen LogP contribution in [0.5, 0.6) is 0 Å². The Labute approximate surface area is 392 Å². The summed E-state index contributed by atoms with van der Waals surface area (Å²) in [5.74, 6) is 0. The van der Waals surface area contributed by atoms with Gasteiger partial charge in [-0.2, -0.15) is 0 Å². The SMILES string of the molecule is CC1(C)c2ccc(N(c3ccc(-c4cccc5cccc(-c6ccccc6)c45)cc3)c3ccc4c(c3)C(c3ccccc3)(c3ccccc3)c3ccccc3-4)cc2-c2c1ccc1ccccc21. The zero-order valence-corrected chi connectivity index (χ0v) is 37.6. The van der Waals surface area contributed by atoms with E-state index in [2.05, 4.69) is 267 Å². The molecule has 0 heterocycles. The Kier molecular flexibility index (Phi) is 8.85. The maximum absolute atomic E-state index is 2.49. The van der Waals surface area contributed by atoms with Gasteiger partial charge in [0.1, 0.15) is 0 Å². The molecule has 0 aromatic heterocycles. The summed E-state index contributed by atoms with van der Waals surface area (Å²) in [4.78, 5) is 2.49. The van der Waals surface area contributed by atoms with Crippen LogP contribution in [0.2, 0.25) is 0 Å². The Morgan fingerprint density at radius 2 is 0.836 bits per heavy atom. The average Bonchev–Trinajstić information content (AvgIpc) is 3.82. The van der Waals surface area contributed by atoms with Crippen molar-refractivity contribution in [2.75, 3.05) is 4.90 Å². The van der Waals surface area contributed by atoms with Crippen LogP contribution in [0, 0.1) is 0 Å². The molecule has 1 heteroatoms. The normalized spacial score (nSPS) is 13.8. The number of hydrogen-bond donors (Lipinski definition) is 0. The van der Waals surface area contributed by atoms with Gasteiger partial charge < -0.3 is 4.90 Å². The van der Waals surface area contributed by atoms with E-state index in [-0.39, 0.29) is 5.41 Å². The average molecular weight is 854 g/mol. The highest BCUT2D eigenvalue weighted by Gasteiger charge is 2.46. The molecule has 0 saturated carbocycles. The first-order valence-corrected chi connectivity index (χ1v) is 23.5. The molecule has 0 bridgehead atoms. The lowest BCUT2D eigenvalue weighted by molar-refractivity contribution is 0.661. The van der Waals surface area contributed by atoms with Gasteiger partial charge in [0.15, 0.2) is 0 Å². The van der Waals surface area contributed by atoms with E-state index in [4.69, 9.17) is 0 Å². The van der Waals surface area contributed by atoms with Gasteiger partial charge in [-0.15, -0.1) is 0 Å². The van der Waals surface area contributed by atoms with Crippen molar-refractivity contribution < 1.29 is 0 Å². The molecule has 2 aliphatic rings. The van der Waals surface area contributed by atoms with Crippen LogP contribution >= 0.6 is 0 Å². The second-order valence-corrected chi connectivity index (χ2v) is 18.8. The molecule has 67 heavy (non-hydrogen) atoms. The number of benzene rings is 11. The van der Waals surface area contributed by atoms with E-state index >= 15 is 0 Å². The standard InChI is InChI=1S/C66H47N/c1-65(2)59-41-38-51(42-58(59)64-55-27-13-12-20-45(55)34-40-61(64)65)67(50-35-32-46(33-36-50)54-30-17-22-47-21-16-29-53(63(47)54)44-18-6-3-7-19-44)52-37-39-57-56-28-14-15-31-60(56)66(62(57)43-52,48-23-8-4-9-24-48)49-25-10-5-11-26-49/h3-43H,1-2H3. The van der Waals surface area contributed by atoms with Crippen LogP contribution in [0.4, 0.5) is 17.1 Å². The van der Waals surface area contributed by atoms with Gasteiger partial charge in [0, 0.05) is 22.5 Å². The van der Waals surface area contributed by atoms with Crippen molar-refractivity contribution in [2.24, 2.45) is 0 Å². The zero-order valence-electron chi connectivity index (χ0n) is 37.6. The Bertz CT molecular complexity index is 3650. The molecular weight excluding hydrogens is 807 g/mol. The van der Waals surface area contributed by atoms with Crippen LogP contribution in [0.3, 0.4) is 0 Å². The van der Waals surface area contributed by atoms with Crippen LogP contribution < -0.4 is 4.90 Å². The van der Waals surface area contributed by atoms with Crippen molar-refractivity contribution >= 4 is 38.6 Å². The molecule has 11 aromatic carbocycles. The van der Waals surface area contributed by atoms with Gasteiger partial charge in [-0.3, -0.25) is 0 Å². The van der Waals surface area contributed by atoms with Gasteiger partial charge in [-0.1, -0.05) is 226 Å². The molecule has 0 fully saturated rings. The monoisotopic (exact) mass is 853 g/mol. The van der Waals surface area contributed by atoms with Crippen LogP contribution in [-0.2, 0) is 10.8 Å². The van der Waals surface area contributed by atoms with Gasteiger partial charge in [0.05, 0.1) is 5.41 Å². The zero-order chi connectivity index (χ0) is 44.7. The highest BCUT2D eigenvalue weighted by Crippen LogP contribution is 2.58. The first kappa shape index (κ1) is 39.1. The Balaban J connectivity index is 1.04. The molecule has 0 spiro atoms. The second kappa shape index (κ2) is 15.2. The summed E-state index contributed by atoms with van der Waals surface area (Å²) >= 11 is 0. The Morgan fingerprint density at radius 3 is 1.55 bits per heavy atom. The van der Waals surface area contributed by atoms with Crippen molar-refractivity contribution in [1.29, 1.82) is 0 Å². The van der Waals surface area contributed by atoms with E-state index in [1.807, 2.05) is 0 Å². The van der Waals surface area contributed by atoms with Crippen molar-refractivity contribution in [3.05, 3.63) is 282 Å². The smallest absolute Gasteiger partial charge is 0.0714 e. The fourth-order valence-electron chi connectivity index (χ4n) is 11.9. The van der Waals surface area contributed by atoms with Crippen LogP contribution in [-0.4, -0.2) is 0 Å². The summed E-state index contributed by atoms with van der Waals surface area (Å²) in [6.45, 7) is 4.76. The molecule has 316 valence electrons. The summed E-state index contributed by atoms with van der Waals surface area (Å²) < 4.78 is 0. The predicted octanol–water partition coefficient (Wildman–Crippen LogP) is 17.5. The number of hydrogen-bond acceptors (Lipinski definition) is 1. The topological polar surface area (TPSA) is 3.24 Å². The molecule has 0 N–H and O–H groups in total. The molecule has 0 saturated heterocycles.